The number of hydrogen-bond donors (Lipinski definition) is 1. The molecule has 8 nitrogen and oxygen atoms in total. The largest absolute Gasteiger partial charge is 0.339 e. The predicted molar refractivity (Wildman–Crippen MR) is 116 cm³/mol. The zero-order valence-electron chi connectivity index (χ0n) is 18.8. The van der Waals surface area contributed by atoms with Crippen molar-refractivity contribution >= 4 is 17.8 Å². The van der Waals surface area contributed by atoms with Gasteiger partial charge >= 0.3 is 6.03 Å². The molecule has 3 fully saturated rings. The minimum absolute atomic E-state index is 0.0221. The third kappa shape index (κ3) is 4.59. The summed E-state index contributed by atoms with van der Waals surface area (Å²) in [4.78, 5) is 48.1. The van der Waals surface area contributed by atoms with E-state index in [1.165, 1.54) is 5.56 Å². The van der Waals surface area contributed by atoms with Gasteiger partial charge in [0.1, 0.15) is 12.1 Å². The van der Waals surface area contributed by atoms with E-state index in [1.54, 1.807) is 17.3 Å². The highest BCUT2D eigenvalue weighted by atomic mass is 16.2. The quantitative estimate of drug-likeness (QED) is 0.742. The number of imide groups is 1. The van der Waals surface area contributed by atoms with Crippen LogP contribution in [0.25, 0.3) is 0 Å². The summed E-state index contributed by atoms with van der Waals surface area (Å²) in [6, 6.07) is 3.57. The number of amides is 4. The molecule has 0 unspecified atom stereocenters. The SMILES string of the molecule is C[C@@H]1CC(C)(C)C[C@]2(C1)NC(=O)N(CC(=O)N1CCN(Cc3ccncc3)CC1)C2=O. The van der Waals surface area contributed by atoms with Crippen LogP contribution in [0.4, 0.5) is 4.79 Å². The van der Waals surface area contributed by atoms with Crippen LogP contribution in [0.5, 0.6) is 0 Å². The van der Waals surface area contributed by atoms with Crippen molar-refractivity contribution in [2.75, 3.05) is 32.7 Å². The van der Waals surface area contributed by atoms with Gasteiger partial charge in [-0.1, -0.05) is 20.8 Å². The summed E-state index contributed by atoms with van der Waals surface area (Å²) in [6.07, 6.45) is 5.86. The first-order chi connectivity index (χ1) is 14.7. The summed E-state index contributed by atoms with van der Waals surface area (Å²) in [6.45, 7) is 9.80. The molecule has 2 aliphatic heterocycles. The van der Waals surface area contributed by atoms with Crippen LogP contribution in [-0.4, -0.2) is 75.8 Å². The van der Waals surface area contributed by atoms with Crippen LogP contribution in [0, 0.1) is 11.3 Å². The van der Waals surface area contributed by atoms with E-state index >= 15 is 0 Å². The molecule has 1 saturated carbocycles. The first-order valence-corrected chi connectivity index (χ1v) is 11.2. The van der Waals surface area contributed by atoms with Crippen molar-refractivity contribution in [2.24, 2.45) is 11.3 Å². The maximum Gasteiger partial charge on any atom is 0.325 e. The van der Waals surface area contributed by atoms with E-state index in [2.05, 4.69) is 36.0 Å². The average Bonchev–Trinajstić information content (AvgIpc) is 2.91. The van der Waals surface area contributed by atoms with Crippen LogP contribution in [0.3, 0.4) is 0 Å². The summed E-state index contributed by atoms with van der Waals surface area (Å²) >= 11 is 0. The van der Waals surface area contributed by atoms with Crippen molar-refractivity contribution in [3.8, 4) is 0 Å². The van der Waals surface area contributed by atoms with Gasteiger partial charge in [0.2, 0.25) is 5.91 Å². The molecule has 1 spiro atoms. The highest BCUT2D eigenvalue weighted by Crippen LogP contribution is 2.46. The van der Waals surface area contributed by atoms with Crippen molar-refractivity contribution in [1.29, 1.82) is 0 Å². The molecule has 0 aromatic carbocycles. The molecule has 2 atom stereocenters. The third-order valence-corrected chi connectivity index (χ3v) is 6.80. The Hall–Kier alpha value is -2.48. The summed E-state index contributed by atoms with van der Waals surface area (Å²) < 4.78 is 0. The number of urea groups is 1. The fraction of sp³-hybridized carbons (Fsp3) is 0.652. The topological polar surface area (TPSA) is 85.8 Å². The van der Waals surface area contributed by atoms with Gasteiger partial charge in [0.25, 0.3) is 5.91 Å². The summed E-state index contributed by atoms with van der Waals surface area (Å²) in [7, 11) is 0. The minimum atomic E-state index is -0.859. The van der Waals surface area contributed by atoms with E-state index in [4.69, 9.17) is 0 Å². The van der Waals surface area contributed by atoms with Crippen LogP contribution in [0.1, 0.15) is 45.6 Å². The number of piperazine rings is 1. The molecule has 0 bridgehead atoms. The lowest BCUT2D eigenvalue weighted by Crippen LogP contribution is -2.55. The average molecular weight is 428 g/mol. The highest BCUT2D eigenvalue weighted by Gasteiger charge is 2.56. The second-order valence-electron chi connectivity index (χ2n) is 10.3. The van der Waals surface area contributed by atoms with Gasteiger partial charge in [-0.05, 0) is 48.3 Å². The molecule has 2 saturated heterocycles. The Morgan fingerprint density at radius 1 is 1.13 bits per heavy atom. The van der Waals surface area contributed by atoms with E-state index in [9.17, 15) is 14.4 Å². The van der Waals surface area contributed by atoms with Crippen molar-refractivity contribution in [3.05, 3.63) is 30.1 Å². The monoisotopic (exact) mass is 427 g/mol. The Morgan fingerprint density at radius 3 is 2.45 bits per heavy atom. The van der Waals surface area contributed by atoms with Crippen molar-refractivity contribution in [1.82, 2.24) is 25.0 Å². The zero-order chi connectivity index (χ0) is 22.2. The summed E-state index contributed by atoms with van der Waals surface area (Å²) in [5, 5.41) is 2.95. The fourth-order valence-corrected chi connectivity index (χ4v) is 5.79. The zero-order valence-corrected chi connectivity index (χ0v) is 18.8. The molecule has 4 amide bonds. The number of rotatable bonds is 4. The van der Waals surface area contributed by atoms with E-state index in [0.717, 1.165) is 31.0 Å². The van der Waals surface area contributed by atoms with Gasteiger partial charge in [0.05, 0.1) is 0 Å². The van der Waals surface area contributed by atoms with E-state index in [-0.39, 0.29) is 23.8 Å². The number of nitrogens with one attached hydrogen (secondary N) is 1. The molecule has 31 heavy (non-hydrogen) atoms. The van der Waals surface area contributed by atoms with Crippen LogP contribution < -0.4 is 5.32 Å². The first-order valence-electron chi connectivity index (χ1n) is 11.2. The molecule has 1 aromatic rings. The maximum atomic E-state index is 13.3. The smallest absolute Gasteiger partial charge is 0.325 e. The number of aromatic nitrogens is 1. The number of nitrogens with zero attached hydrogens (tertiary/aromatic N) is 4. The van der Waals surface area contributed by atoms with Gasteiger partial charge in [-0.2, -0.15) is 0 Å². The van der Waals surface area contributed by atoms with Crippen molar-refractivity contribution in [3.63, 3.8) is 0 Å². The second kappa shape index (κ2) is 8.22. The van der Waals surface area contributed by atoms with Crippen LogP contribution in [0.15, 0.2) is 24.5 Å². The Kier molecular flexibility index (Phi) is 5.77. The molecule has 1 aromatic heterocycles. The lowest BCUT2D eigenvalue weighted by molar-refractivity contribution is -0.141. The molecule has 4 rings (SSSR count). The number of carbonyl (C=O) groups is 3. The standard InChI is InChI=1S/C23H33N5O3/c1-17-12-22(2,3)16-23(13-17)20(30)28(21(31)25-23)15-19(29)27-10-8-26(9-11-27)14-18-4-6-24-7-5-18/h4-7,17H,8-16H2,1-3H3,(H,25,31)/t17-,23+/m1/s1. The molecular weight excluding hydrogens is 394 g/mol. The van der Waals surface area contributed by atoms with Crippen LogP contribution >= 0.6 is 0 Å². The highest BCUT2D eigenvalue weighted by molar-refractivity contribution is 6.09. The molecule has 8 heteroatoms. The van der Waals surface area contributed by atoms with Gasteiger partial charge < -0.3 is 10.2 Å². The van der Waals surface area contributed by atoms with E-state index in [0.29, 0.717) is 31.8 Å². The van der Waals surface area contributed by atoms with E-state index in [1.807, 2.05) is 12.1 Å². The number of pyridine rings is 1. The Balaban J connectivity index is 1.34. The lowest BCUT2D eigenvalue weighted by atomic mass is 9.64. The maximum absolute atomic E-state index is 13.3. The second-order valence-corrected chi connectivity index (χ2v) is 10.3. The van der Waals surface area contributed by atoms with Gasteiger partial charge in [-0.25, -0.2) is 4.79 Å². The molecule has 1 N–H and O–H groups in total. The van der Waals surface area contributed by atoms with Gasteiger partial charge in [-0.3, -0.25) is 24.4 Å². The Morgan fingerprint density at radius 2 is 1.81 bits per heavy atom. The number of carbonyl (C=O) groups excluding carboxylic acids is 3. The van der Waals surface area contributed by atoms with Crippen molar-refractivity contribution in [2.45, 2.75) is 52.1 Å². The normalized spacial score (nSPS) is 28.8. The molecule has 0 radical (unpaired) electrons. The Labute approximate surface area is 184 Å². The number of hydrogen-bond acceptors (Lipinski definition) is 5. The lowest BCUT2D eigenvalue weighted by Gasteiger charge is -2.43. The van der Waals surface area contributed by atoms with Gasteiger partial charge in [0, 0.05) is 45.1 Å². The molecule has 168 valence electrons. The van der Waals surface area contributed by atoms with Crippen molar-refractivity contribution < 1.29 is 14.4 Å². The minimum Gasteiger partial charge on any atom is -0.339 e. The Bertz CT molecular complexity index is 850. The third-order valence-electron chi connectivity index (χ3n) is 6.80. The van der Waals surface area contributed by atoms with Crippen LogP contribution in [-0.2, 0) is 16.1 Å². The first kappa shape index (κ1) is 21.7. The van der Waals surface area contributed by atoms with Crippen LogP contribution in [0.2, 0.25) is 0 Å². The fourth-order valence-electron chi connectivity index (χ4n) is 5.79. The molecular formula is C23H33N5O3. The van der Waals surface area contributed by atoms with Gasteiger partial charge in [0.15, 0.2) is 0 Å². The summed E-state index contributed by atoms with van der Waals surface area (Å²) in [5.74, 6) is -0.0499. The summed E-state index contributed by atoms with van der Waals surface area (Å²) in [5.41, 5.74) is 0.317. The molecule has 3 aliphatic rings. The molecule has 1 aliphatic carbocycles. The predicted octanol–water partition coefficient (Wildman–Crippen LogP) is 1.86. The molecule has 3 heterocycles. The van der Waals surface area contributed by atoms with E-state index < -0.39 is 11.6 Å². The van der Waals surface area contributed by atoms with Gasteiger partial charge in [-0.15, -0.1) is 0 Å².